The Labute approximate surface area is 313 Å². The van der Waals surface area contributed by atoms with Gasteiger partial charge >= 0.3 is 0 Å². The summed E-state index contributed by atoms with van der Waals surface area (Å²) in [6, 6.07) is 58.7. The van der Waals surface area contributed by atoms with Crippen molar-refractivity contribution in [2.24, 2.45) is 0 Å². The van der Waals surface area contributed by atoms with Gasteiger partial charge in [0.1, 0.15) is 16.2 Å². The molecule has 0 atom stereocenters. The lowest BCUT2D eigenvalue weighted by atomic mass is 9.93. The van der Waals surface area contributed by atoms with Gasteiger partial charge in [-0.15, -0.1) is 11.3 Å². The van der Waals surface area contributed by atoms with Crippen LogP contribution < -0.4 is 0 Å². The Hall–Kier alpha value is -7.02. The first-order valence-corrected chi connectivity index (χ1v) is 18.7. The number of hydrogen-bond acceptors (Lipinski definition) is 6. The average Bonchev–Trinajstić information content (AvgIpc) is 3.83. The molecule has 54 heavy (non-hydrogen) atoms. The SMILES string of the molecule is c1ccc(-c2nc3cc4c(cc3s2)oc2cccc(-c3nc(-c5ccc6ccccc6c5)nc(-c5ccc6ccccc6c5-c5ccccc5)n3)c24)cc1. The predicted molar refractivity (Wildman–Crippen MR) is 222 cm³/mol. The Balaban J connectivity index is 1.17. The third kappa shape index (κ3) is 5.07. The summed E-state index contributed by atoms with van der Waals surface area (Å²) in [5, 5.41) is 7.49. The smallest absolute Gasteiger partial charge is 0.164 e. The van der Waals surface area contributed by atoms with Gasteiger partial charge in [0.25, 0.3) is 0 Å². The van der Waals surface area contributed by atoms with Gasteiger partial charge in [-0.3, -0.25) is 0 Å². The second-order valence-corrected chi connectivity index (χ2v) is 14.5. The molecule has 0 bridgehead atoms. The Bertz CT molecular complexity index is 3220. The number of rotatable bonds is 5. The van der Waals surface area contributed by atoms with Crippen molar-refractivity contribution in [1.82, 2.24) is 19.9 Å². The van der Waals surface area contributed by atoms with Gasteiger partial charge in [0.2, 0.25) is 0 Å². The standard InChI is InChI=1S/C48H28N4OS/c1-3-14-31(15-4-1)43-35-19-10-9-13-30(35)24-25-37(43)47-51-45(34-23-22-29-12-7-8-18-33(29)26-34)50-46(52-47)36-20-11-21-40-44(36)38-27-39-42(28-41(38)53-40)54-48(49-39)32-16-5-2-6-17-32/h1-28H. The van der Waals surface area contributed by atoms with Crippen LogP contribution in [0.3, 0.4) is 0 Å². The van der Waals surface area contributed by atoms with E-state index in [4.69, 9.17) is 24.4 Å². The number of thiazole rings is 1. The molecule has 5 nitrogen and oxygen atoms in total. The van der Waals surface area contributed by atoms with E-state index < -0.39 is 0 Å². The fourth-order valence-corrected chi connectivity index (χ4v) is 8.57. The summed E-state index contributed by atoms with van der Waals surface area (Å²) in [5.74, 6) is 1.78. The van der Waals surface area contributed by atoms with Crippen LogP contribution in [0, 0.1) is 0 Å². The van der Waals surface area contributed by atoms with Crippen molar-refractivity contribution < 1.29 is 4.42 Å². The van der Waals surface area contributed by atoms with Crippen LogP contribution in [0.25, 0.3) is 110 Å². The molecule has 0 fully saturated rings. The van der Waals surface area contributed by atoms with Crippen molar-refractivity contribution in [3.8, 4) is 55.9 Å². The molecule has 0 amide bonds. The molecule has 11 aromatic rings. The van der Waals surface area contributed by atoms with Gasteiger partial charge in [0.05, 0.1) is 10.2 Å². The first kappa shape index (κ1) is 30.6. The zero-order chi connectivity index (χ0) is 35.6. The van der Waals surface area contributed by atoms with Crippen LogP contribution in [-0.2, 0) is 0 Å². The van der Waals surface area contributed by atoms with Gasteiger partial charge < -0.3 is 4.42 Å². The van der Waals surface area contributed by atoms with Crippen molar-refractivity contribution in [2.75, 3.05) is 0 Å². The Morgan fingerprint density at radius 2 is 1.09 bits per heavy atom. The van der Waals surface area contributed by atoms with Crippen LogP contribution in [0.4, 0.5) is 0 Å². The summed E-state index contributed by atoms with van der Waals surface area (Å²) in [4.78, 5) is 20.9. The number of aromatic nitrogens is 4. The summed E-state index contributed by atoms with van der Waals surface area (Å²) in [6.45, 7) is 0. The van der Waals surface area contributed by atoms with Crippen molar-refractivity contribution in [3.05, 3.63) is 170 Å². The fourth-order valence-electron chi connectivity index (χ4n) is 7.59. The number of fused-ring (bicyclic) bond motifs is 6. The first-order valence-electron chi connectivity index (χ1n) is 17.9. The van der Waals surface area contributed by atoms with E-state index in [1.54, 1.807) is 11.3 Å². The molecule has 11 rings (SSSR count). The van der Waals surface area contributed by atoms with Gasteiger partial charge in [0, 0.05) is 44.7 Å². The second-order valence-electron chi connectivity index (χ2n) is 13.4. The van der Waals surface area contributed by atoms with Crippen molar-refractivity contribution in [3.63, 3.8) is 0 Å². The van der Waals surface area contributed by atoms with Gasteiger partial charge in [-0.05, 0) is 51.4 Å². The van der Waals surface area contributed by atoms with E-state index in [9.17, 15) is 0 Å². The van der Waals surface area contributed by atoms with Gasteiger partial charge in [-0.1, -0.05) is 140 Å². The fraction of sp³-hybridized carbons (Fsp3) is 0. The Morgan fingerprint density at radius 3 is 1.93 bits per heavy atom. The quantitative estimate of drug-likeness (QED) is 0.178. The Morgan fingerprint density at radius 1 is 0.407 bits per heavy atom. The van der Waals surface area contributed by atoms with Crippen LogP contribution in [0.5, 0.6) is 0 Å². The van der Waals surface area contributed by atoms with E-state index in [0.29, 0.717) is 17.5 Å². The van der Waals surface area contributed by atoms with Crippen LogP contribution in [0.1, 0.15) is 0 Å². The lowest BCUT2D eigenvalue weighted by Gasteiger charge is -2.15. The molecule has 8 aromatic carbocycles. The molecule has 0 aliphatic heterocycles. The first-order chi connectivity index (χ1) is 26.7. The number of nitrogens with zero attached hydrogens (tertiary/aromatic N) is 4. The maximum Gasteiger partial charge on any atom is 0.164 e. The number of hydrogen-bond donors (Lipinski definition) is 0. The number of furan rings is 1. The molecular formula is C48H28N4OS. The largest absolute Gasteiger partial charge is 0.456 e. The summed E-state index contributed by atoms with van der Waals surface area (Å²) in [6.07, 6.45) is 0. The van der Waals surface area contributed by atoms with Gasteiger partial charge in [-0.25, -0.2) is 19.9 Å². The molecule has 252 valence electrons. The predicted octanol–water partition coefficient (Wildman–Crippen LogP) is 13.0. The highest BCUT2D eigenvalue weighted by Gasteiger charge is 2.21. The number of benzene rings is 8. The van der Waals surface area contributed by atoms with Crippen LogP contribution in [0.15, 0.2) is 174 Å². The van der Waals surface area contributed by atoms with Crippen molar-refractivity contribution in [1.29, 1.82) is 0 Å². The molecule has 0 saturated carbocycles. The zero-order valence-corrected chi connectivity index (χ0v) is 29.6. The topological polar surface area (TPSA) is 64.7 Å². The minimum atomic E-state index is 0.576. The van der Waals surface area contributed by atoms with Gasteiger partial charge in [0.15, 0.2) is 17.5 Å². The monoisotopic (exact) mass is 708 g/mol. The lowest BCUT2D eigenvalue weighted by Crippen LogP contribution is -2.01. The van der Waals surface area contributed by atoms with Crippen LogP contribution >= 0.6 is 11.3 Å². The Kier molecular flexibility index (Phi) is 6.97. The summed E-state index contributed by atoms with van der Waals surface area (Å²) < 4.78 is 7.63. The third-order valence-electron chi connectivity index (χ3n) is 10.1. The lowest BCUT2D eigenvalue weighted by molar-refractivity contribution is 0.669. The molecular weight excluding hydrogens is 681 g/mol. The molecule has 6 heteroatoms. The average molecular weight is 709 g/mol. The summed E-state index contributed by atoms with van der Waals surface area (Å²) in [5.41, 5.74) is 8.52. The maximum atomic E-state index is 6.55. The van der Waals surface area contributed by atoms with E-state index in [0.717, 1.165) is 92.1 Å². The molecule has 0 aliphatic carbocycles. The van der Waals surface area contributed by atoms with Gasteiger partial charge in [-0.2, -0.15) is 0 Å². The van der Waals surface area contributed by atoms with E-state index in [-0.39, 0.29) is 0 Å². The van der Waals surface area contributed by atoms with E-state index in [1.807, 2.05) is 36.4 Å². The highest BCUT2D eigenvalue weighted by atomic mass is 32.1. The third-order valence-corrected chi connectivity index (χ3v) is 11.2. The highest BCUT2D eigenvalue weighted by Crippen LogP contribution is 2.42. The molecule has 0 unspecified atom stereocenters. The van der Waals surface area contributed by atoms with Crippen molar-refractivity contribution >= 4 is 65.0 Å². The zero-order valence-electron chi connectivity index (χ0n) is 28.8. The van der Waals surface area contributed by atoms with Crippen molar-refractivity contribution in [2.45, 2.75) is 0 Å². The summed E-state index contributed by atoms with van der Waals surface area (Å²) in [7, 11) is 0. The maximum absolute atomic E-state index is 6.55. The van der Waals surface area contributed by atoms with Crippen LogP contribution in [-0.4, -0.2) is 19.9 Å². The highest BCUT2D eigenvalue weighted by molar-refractivity contribution is 7.21. The normalized spacial score (nSPS) is 11.7. The molecule has 0 N–H and O–H groups in total. The van der Waals surface area contributed by atoms with Crippen LogP contribution in [0.2, 0.25) is 0 Å². The molecule has 0 spiro atoms. The molecule has 0 saturated heterocycles. The van der Waals surface area contributed by atoms with E-state index in [1.165, 1.54) is 0 Å². The minimum Gasteiger partial charge on any atom is -0.456 e. The minimum absolute atomic E-state index is 0.576. The summed E-state index contributed by atoms with van der Waals surface area (Å²) >= 11 is 1.67. The molecule has 0 radical (unpaired) electrons. The molecule has 3 heterocycles. The van der Waals surface area contributed by atoms with E-state index >= 15 is 0 Å². The van der Waals surface area contributed by atoms with E-state index in [2.05, 4.69) is 133 Å². The molecule has 3 aromatic heterocycles. The second kappa shape index (κ2) is 12.3. The molecule has 0 aliphatic rings.